The Kier molecular flexibility index (Phi) is 3.40. The van der Waals surface area contributed by atoms with Crippen molar-refractivity contribution in [1.82, 2.24) is 0 Å². The van der Waals surface area contributed by atoms with Gasteiger partial charge < -0.3 is 10.5 Å². The Hall–Kier alpha value is -1.58. The number of nitrogens with two attached hydrogens (primary N) is 1. The Morgan fingerprint density at radius 1 is 1.30 bits per heavy atom. The second-order valence-electron chi connectivity index (χ2n) is 5.13. The molecule has 0 radical (unpaired) electrons. The van der Waals surface area contributed by atoms with Gasteiger partial charge in [0, 0.05) is 23.6 Å². The predicted molar refractivity (Wildman–Crippen MR) is 77.5 cm³/mol. The molecule has 0 amide bonds. The van der Waals surface area contributed by atoms with Gasteiger partial charge in [0.2, 0.25) is 0 Å². The van der Waals surface area contributed by atoms with Crippen molar-refractivity contribution in [3.05, 3.63) is 63.9 Å². The van der Waals surface area contributed by atoms with E-state index in [1.807, 2.05) is 25.1 Å². The molecule has 2 aromatic rings. The molecule has 2 atom stereocenters. The molecule has 0 aliphatic carbocycles. The van der Waals surface area contributed by atoms with Crippen LogP contribution < -0.4 is 10.5 Å². The molecule has 1 aliphatic heterocycles. The molecule has 2 aromatic carbocycles. The van der Waals surface area contributed by atoms with Gasteiger partial charge in [-0.05, 0) is 25.1 Å². The van der Waals surface area contributed by atoms with Crippen LogP contribution in [0.25, 0.3) is 0 Å². The van der Waals surface area contributed by atoms with E-state index in [1.54, 1.807) is 12.1 Å². The number of rotatable bonds is 1. The smallest absolute Gasteiger partial charge is 0.131 e. The zero-order valence-corrected chi connectivity index (χ0v) is 11.8. The number of hydrogen-bond acceptors (Lipinski definition) is 2. The van der Waals surface area contributed by atoms with Gasteiger partial charge in [-0.15, -0.1) is 0 Å². The summed E-state index contributed by atoms with van der Waals surface area (Å²) in [7, 11) is 0. The Labute approximate surface area is 122 Å². The van der Waals surface area contributed by atoms with Crippen LogP contribution >= 0.6 is 11.6 Å². The molecule has 1 unspecified atom stereocenters. The average molecular weight is 292 g/mol. The van der Waals surface area contributed by atoms with Gasteiger partial charge in [0.05, 0.1) is 5.02 Å². The van der Waals surface area contributed by atoms with Crippen LogP contribution in [0.4, 0.5) is 4.39 Å². The van der Waals surface area contributed by atoms with Gasteiger partial charge in [-0.1, -0.05) is 35.4 Å². The highest BCUT2D eigenvalue weighted by atomic mass is 35.5. The molecule has 104 valence electrons. The minimum Gasteiger partial charge on any atom is -0.485 e. The first-order chi connectivity index (χ1) is 9.56. The quantitative estimate of drug-likeness (QED) is 0.849. The first-order valence-corrected chi connectivity index (χ1v) is 6.90. The second kappa shape index (κ2) is 5.08. The first-order valence-electron chi connectivity index (χ1n) is 6.53. The number of aryl methyl sites for hydroxylation is 1. The monoisotopic (exact) mass is 291 g/mol. The lowest BCUT2D eigenvalue weighted by atomic mass is 9.92. The standard InChI is InChI=1S/C16H15ClFNO/c1-9-5-6-14-10(7-9)13(19)8-15(20-14)16-11(17)3-2-4-12(16)18/h2-7,13,15H,8,19H2,1H3/t13-,15?/m1/s1. The van der Waals surface area contributed by atoms with Gasteiger partial charge in [-0.25, -0.2) is 4.39 Å². The highest BCUT2D eigenvalue weighted by molar-refractivity contribution is 6.31. The molecule has 0 aromatic heterocycles. The van der Waals surface area contributed by atoms with Crippen LogP contribution in [0.2, 0.25) is 5.02 Å². The van der Waals surface area contributed by atoms with Gasteiger partial charge in [0.15, 0.2) is 0 Å². The largest absolute Gasteiger partial charge is 0.485 e. The van der Waals surface area contributed by atoms with E-state index >= 15 is 0 Å². The van der Waals surface area contributed by atoms with Crippen molar-refractivity contribution in [2.45, 2.75) is 25.5 Å². The van der Waals surface area contributed by atoms with Gasteiger partial charge in [-0.3, -0.25) is 0 Å². The van der Waals surface area contributed by atoms with E-state index in [2.05, 4.69) is 0 Å². The molecule has 0 fully saturated rings. The number of hydrogen-bond donors (Lipinski definition) is 1. The molecule has 0 spiro atoms. The Balaban J connectivity index is 2.01. The van der Waals surface area contributed by atoms with Crippen molar-refractivity contribution in [2.75, 3.05) is 0 Å². The first kappa shape index (κ1) is 13.4. The molecule has 2 N–H and O–H groups in total. The Morgan fingerprint density at radius 2 is 2.10 bits per heavy atom. The topological polar surface area (TPSA) is 35.2 Å². The van der Waals surface area contributed by atoms with Crippen molar-refractivity contribution in [3.8, 4) is 5.75 Å². The lowest BCUT2D eigenvalue weighted by Crippen LogP contribution is -2.25. The molecule has 1 heterocycles. The minimum absolute atomic E-state index is 0.181. The number of benzene rings is 2. The van der Waals surface area contributed by atoms with Crippen LogP contribution in [0, 0.1) is 12.7 Å². The fourth-order valence-corrected chi connectivity index (χ4v) is 2.90. The van der Waals surface area contributed by atoms with E-state index in [1.165, 1.54) is 6.07 Å². The third kappa shape index (κ3) is 2.28. The van der Waals surface area contributed by atoms with Crippen molar-refractivity contribution >= 4 is 11.6 Å². The maximum absolute atomic E-state index is 14.0. The molecular weight excluding hydrogens is 277 g/mol. The number of fused-ring (bicyclic) bond motifs is 1. The van der Waals surface area contributed by atoms with Crippen LogP contribution in [0.3, 0.4) is 0 Å². The summed E-state index contributed by atoms with van der Waals surface area (Å²) < 4.78 is 19.9. The molecule has 3 rings (SSSR count). The number of ether oxygens (including phenoxy) is 1. The normalized spacial score (nSPS) is 21.2. The van der Waals surface area contributed by atoms with Crippen LogP contribution in [0.5, 0.6) is 5.75 Å². The van der Waals surface area contributed by atoms with Crippen molar-refractivity contribution in [2.24, 2.45) is 5.73 Å². The fraction of sp³-hybridized carbons (Fsp3) is 0.250. The van der Waals surface area contributed by atoms with E-state index in [9.17, 15) is 4.39 Å². The summed E-state index contributed by atoms with van der Waals surface area (Å²) in [4.78, 5) is 0. The molecule has 0 saturated heterocycles. The van der Waals surface area contributed by atoms with Crippen LogP contribution in [0.1, 0.15) is 35.3 Å². The van der Waals surface area contributed by atoms with Gasteiger partial charge in [-0.2, -0.15) is 0 Å². The maximum Gasteiger partial charge on any atom is 0.131 e. The summed E-state index contributed by atoms with van der Waals surface area (Å²) in [5.41, 5.74) is 8.68. The molecule has 0 saturated carbocycles. The van der Waals surface area contributed by atoms with Crippen LogP contribution in [-0.2, 0) is 0 Å². The highest BCUT2D eigenvalue weighted by Gasteiger charge is 2.30. The summed E-state index contributed by atoms with van der Waals surface area (Å²) in [5.74, 6) is 0.351. The molecule has 0 bridgehead atoms. The van der Waals surface area contributed by atoms with Gasteiger partial charge in [0.25, 0.3) is 0 Å². The molecule has 4 heteroatoms. The van der Waals surface area contributed by atoms with E-state index in [-0.39, 0.29) is 11.9 Å². The second-order valence-corrected chi connectivity index (χ2v) is 5.53. The lowest BCUT2D eigenvalue weighted by molar-refractivity contribution is 0.157. The Morgan fingerprint density at radius 3 is 2.85 bits per heavy atom. The summed E-state index contributed by atoms with van der Waals surface area (Å²) in [5, 5.41) is 0.373. The zero-order chi connectivity index (χ0) is 14.3. The zero-order valence-electron chi connectivity index (χ0n) is 11.1. The third-order valence-electron chi connectivity index (χ3n) is 3.62. The molecule has 2 nitrogen and oxygen atoms in total. The summed E-state index contributed by atoms with van der Waals surface area (Å²) in [6.45, 7) is 2.01. The van der Waals surface area contributed by atoms with E-state index < -0.39 is 6.10 Å². The van der Waals surface area contributed by atoms with E-state index in [0.717, 1.165) is 11.1 Å². The van der Waals surface area contributed by atoms with Crippen molar-refractivity contribution in [3.63, 3.8) is 0 Å². The van der Waals surface area contributed by atoms with Gasteiger partial charge >= 0.3 is 0 Å². The van der Waals surface area contributed by atoms with E-state index in [4.69, 9.17) is 22.1 Å². The molecule has 1 aliphatic rings. The summed E-state index contributed by atoms with van der Waals surface area (Å²) in [6, 6.07) is 10.3. The van der Waals surface area contributed by atoms with Crippen LogP contribution in [-0.4, -0.2) is 0 Å². The van der Waals surface area contributed by atoms with Gasteiger partial charge in [0.1, 0.15) is 17.7 Å². The third-order valence-corrected chi connectivity index (χ3v) is 3.95. The highest BCUT2D eigenvalue weighted by Crippen LogP contribution is 2.42. The summed E-state index contributed by atoms with van der Waals surface area (Å²) in [6.07, 6.45) is 0.0609. The van der Waals surface area contributed by atoms with Crippen LogP contribution in [0.15, 0.2) is 36.4 Å². The number of halogens is 2. The average Bonchev–Trinajstić information content (AvgIpc) is 2.39. The molecule has 20 heavy (non-hydrogen) atoms. The predicted octanol–water partition coefficient (Wildman–Crippen LogP) is 4.31. The summed E-state index contributed by atoms with van der Waals surface area (Å²) >= 11 is 6.10. The molecular formula is C16H15ClFNO. The Bertz CT molecular complexity index is 639. The van der Waals surface area contributed by atoms with E-state index in [0.29, 0.717) is 22.8 Å². The maximum atomic E-state index is 14.0. The fourth-order valence-electron chi connectivity index (χ4n) is 2.62. The minimum atomic E-state index is -0.450. The van der Waals surface area contributed by atoms with Crippen molar-refractivity contribution < 1.29 is 9.13 Å². The lowest BCUT2D eigenvalue weighted by Gasteiger charge is -2.31. The SMILES string of the molecule is Cc1ccc2c(c1)[C@H](N)CC(c1c(F)cccc1Cl)O2. The van der Waals surface area contributed by atoms with Crippen molar-refractivity contribution in [1.29, 1.82) is 0 Å².